The molecule has 1 aromatic carbocycles. The normalized spacial score (nSPS) is 8.46. The van der Waals surface area contributed by atoms with Gasteiger partial charge in [-0.25, -0.2) is 0 Å². The Morgan fingerprint density at radius 3 is 2.38 bits per heavy atom. The quantitative estimate of drug-likeness (QED) is 0.510. The number of hydrogen-bond donors (Lipinski definition) is 2. The monoisotopic (exact) mass is 185 g/mol. The van der Waals surface area contributed by atoms with Crippen molar-refractivity contribution in [3.63, 3.8) is 0 Å². The second-order valence-corrected chi connectivity index (χ2v) is 2.09. The van der Waals surface area contributed by atoms with Crippen LogP contribution >= 0.6 is 0 Å². The molecular weight excluding hydrogens is 174 g/mol. The Hall–Kier alpha value is -1.62. The Morgan fingerprint density at radius 1 is 1.54 bits per heavy atom. The lowest BCUT2D eigenvalue weighted by Crippen LogP contribution is -1.85. The summed E-state index contributed by atoms with van der Waals surface area (Å²) in [4.78, 5) is 9.49. The fourth-order valence-corrected chi connectivity index (χ4v) is 0.607. The highest BCUT2D eigenvalue weighted by Gasteiger charge is 2.03. The maximum absolute atomic E-state index is 10.0. The van der Waals surface area contributed by atoms with Crippen molar-refractivity contribution in [3.05, 3.63) is 34.4 Å². The number of aliphatic hydroxyl groups excluding tert-OH is 1. The maximum Gasteiger partial charge on any atom is 0.273 e. The lowest BCUT2D eigenvalue weighted by molar-refractivity contribution is -0.384. The van der Waals surface area contributed by atoms with Gasteiger partial charge in [0.25, 0.3) is 5.69 Å². The third-order valence-corrected chi connectivity index (χ3v) is 1.04. The smallest absolute Gasteiger partial charge is 0.273 e. The fraction of sp³-hybridized carbons (Fsp3) is 0.250. The van der Waals surface area contributed by atoms with E-state index in [0.717, 1.165) is 6.07 Å². The zero-order valence-electron chi connectivity index (χ0n) is 7.17. The van der Waals surface area contributed by atoms with Crippen molar-refractivity contribution in [1.29, 1.82) is 0 Å². The van der Waals surface area contributed by atoms with Gasteiger partial charge in [-0.3, -0.25) is 10.1 Å². The summed E-state index contributed by atoms with van der Waals surface area (Å²) in [5.74, 6) is -0.0887. The Labute approximate surface area is 75.4 Å². The number of rotatable bonds is 1. The largest absolute Gasteiger partial charge is 0.508 e. The predicted molar refractivity (Wildman–Crippen MR) is 47.5 cm³/mol. The van der Waals surface area contributed by atoms with Crippen molar-refractivity contribution in [1.82, 2.24) is 0 Å². The number of phenols is 1. The van der Waals surface area contributed by atoms with Gasteiger partial charge in [0.05, 0.1) is 11.0 Å². The minimum absolute atomic E-state index is 0.0887. The summed E-state index contributed by atoms with van der Waals surface area (Å²) >= 11 is 0. The van der Waals surface area contributed by atoms with Crippen LogP contribution in [0.15, 0.2) is 24.3 Å². The minimum Gasteiger partial charge on any atom is -0.508 e. The van der Waals surface area contributed by atoms with Crippen molar-refractivity contribution >= 4 is 5.69 Å². The van der Waals surface area contributed by atoms with E-state index in [1.54, 1.807) is 6.92 Å². The molecule has 5 heteroatoms. The standard InChI is InChI=1S/C6H5NO3.C2H6O/c8-6-3-1-2-5(4-6)7(9)10;1-2-3/h1-4,8H;3H,2H2,1H3. The Balaban J connectivity index is 0.000000424. The number of nitrogens with zero attached hydrogens (tertiary/aromatic N) is 1. The van der Waals surface area contributed by atoms with Crippen molar-refractivity contribution in [2.24, 2.45) is 0 Å². The molecule has 0 fully saturated rings. The average Bonchev–Trinajstić information content (AvgIpc) is 2.05. The summed E-state index contributed by atoms with van der Waals surface area (Å²) in [6.07, 6.45) is 0. The van der Waals surface area contributed by atoms with Gasteiger partial charge in [-0.1, -0.05) is 6.07 Å². The van der Waals surface area contributed by atoms with Crippen LogP contribution in [0.4, 0.5) is 5.69 Å². The van der Waals surface area contributed by atoms with E-state index >= 15 is 0 Å². The molecule has 0 atom stereocenters. The summed E-state index contributed by atoms with van der Waals surface area (Å²) in [6, 6.07) is 5.22. The van der Waals surface area contributed by atoms with Gasteiger partial charge in [0.2, 0.25) is 0 Å². The van der Waals surface area contributed by atoms with Crippen molar-refractivity contribution in [3.8, 4) is 5.75 Å². The fourth-order valence-electron chi connectivity index (χ4n) is 0.607. The Kier molecular flexibility index (Phi) is 5.22. The third-order valence-electron chi connectivity index (χ3n) is 1.04. The zero-order chi connectivity index (χ0) is 10.3. The summed E-state index contributed by atoms with van der Waals surface area (Å²) in [6.45, 7) is 1.93. The van der Waals surface area contributed by atoms with Crippen molar-refractivity contribution in [2.75, 3.05) is 6.61 Å². The van der Waals surface area contributed by atoms with Gasteiger partial charge >= 0.3 is 0 Å². The van der Waals surface area contributed by atoms with Crippen LogP contribution in [0.1, 0.15) is 6.92 Å². The molecule has 72 valence electrons. The number of hydrogen-bond acceptors (Lipinski definition) is 4. The molecule has 0 aliphatic rings. The van der Waals surface area contributed by atoms with Gasteiger partial charge < -0.3 is 10.2 Å². The number of aromatic hydroxyl groups is 1. The van der Waals surface area contributed by atoms with Crippen LogP contribution in [-0.2, 0) is 0 Å². The SMILES string of the molecule is CCO.O=[N+]([O-])c1cccc(O)c1. The first-order valence-corrected chi connectivity index (χ1v) is 3.66. The van der Waals surface area contributed by atoms with Gasteiger partial charge in [-0.05, 0) is 13.0 Å². The first-order chi connectivity index (χ1) is 6.11. The predicted octanol–water partition coefficient (Wildman–Crippen LogP) is 1.30. The van der Waals surface area contributed by atoms with Crippen LogP contribution < -0.4 is 0 Å². The molecule has 0 spiro atoms. The molecular formula is C8H11NO4. The van der Waals surface area contributed by atoms with E-state index in [1.807, 2.05) is 0 Å². The molecule has 0 aromatic heterocycles. The van der Waals surface area contributed by atoms with E-state index in [0.29, 0.717) is 0 Å². The Morgan fingerprint density at radius 2 is 2.08 bits per heavy atom. The summed E-state index contributed by atoms with van der Waals surface area (Å²) in [7, 11) is 0. The number of non-ortho nitro benzene ring substituents is 1. The highest BCUT2D eigenvalue weighted by molar-refractivity contribution is 5.36. The van der Waals surface area contributed by atoms with Gasteiger partial charge in [0, 0.05) is 12.7 Å². The van der Waals surface area contributed by atoms with E-state index in [1.165, 1.54) is 18.2 Å². The van der Waals surface area contributed by atoms with E-state index in [9.17, 15) is 10.1 Å². The lowest BCUT2D eigenvalue weighted by Gasteiger charge is -1.89. The molecule has 1 aromatic rings. The van der Waals surface area contributed by atoms with Crippen LogP contribution in [0, 0.1) is 10.1 Å². The summed E-state index contributed by atoms with van der Waals surface area (Å²) < 4.78 is 0. The molecule has 0 aliphatic heterocycles. The van der Waals surface area contributed by atoms with Gasteiger partial charge in [-0.15, -0.1) is 0 Å². The number of nitro benzene ring substituents is 1. The topological polar surface area (TPSA) is 83.6 Å². The minimum atomic E-state index is -0.556. The molecule has 0 bridgehead atoms. The number of benzene rings is 1. The lowest BCUT2D eigenvalue weighted by atomic mass is 10.3. The molecule has 5 nitrogen and oxygen atoms in total. The Bertz CT molecular complexity index is 275. The maximum atomic E-state index is 10.0. The van der Waals surface area contributed by atoms with E-state index in [4.69, 9.17) is 10.2 Å². The van der Waals surface area contributed by atoms with Crippen LogP contribution in [0.5, 0.6) is 5.75 Å². The molecule has 0 saturated heterocycles. The van der Waals surface area contributed by atoms with E-state index in [-0.39, 0.29) is 18.0 Å². The summed E-state index contributed by atoms with van der Waals surface area (Å²) in [5, 5.41) is 26.4. The van der Waals surface area contributed by atoms with Crippen LogP contribution in [-0.4, -0.2) is 21.7 Å². The van der Waals surface area contributed by atoms with Gasteiger partial charge in [0.15, 0.2) is 0 Å². The number of nitro groups is 1. The van der Waals surface area contributed by atoms with Gasteiger partial charge in [0.1, 0.15) is 5.75 Å². The first kappa shape index (κ1) is 11.4. The molecule has 0 radical (unpaired) electrons. The number of phenolic OH excluding ortho intramolecular Hbond substituents is 1. The molecule has 0 heterocycles. The van der Waals surface area contributed by atoms with E-state index < -0.39 is 4.92 Å². The molecule has 1 rings (SSSR count). The van der Waals surface area contributed by atoms with Gasteiger partial charge in [-0.2, -0.15) is 0 Å². The van der Waals surface area contributed by atoms with Crippen LogP contribution in [0.2, 0.25) is 0 Å². The molecule has 0 unspecified atom stereocenters. The van der Waals surface area contributed by atoms with Crippen LogP contribution in [0.3, 0.4) is 0 Å². The third kappa shape index (κ3) is 4.76. The highest BCUT2D eigenvalue weighted by atomic mass is 16.6. The average molecular weight is 185 g/mol. The summed E-state index contributed by atoms with van der Waals surface area (Å²) in [5.41, 5.74) is -0.0972. The first-order valence-electron chi connectivity index (χ1n) is 3.66. The zero-order valence-corrected chi connectivity index (χ0v) is 7.17. The highest BCUT2D eigenvalue weighted by Crippen LogP contribution is 2.16. The molecule has 2 N–H and O–H groups in total. The molecule has 0 saturated carbocycles. The number of aliphatic hydroxyl groups is 1. The second-order valence-electron chi connectivity index (χ2n) is 2.09. The van der Waals surface area contributed by atoms with Crippen LogP contribution in [0.25, 0.3) is 0 Å². The molecule has 0 aliphatic carbocycles. The second kappa shape index (κ2) is 5.96. The molecule has 13 heavy (non-hydrogen) atoms. The van der Waals surface area contributed by atoms with Crippen molar-refractivity contribution < 1.29 is 15.1 Å². The molecule has 0 amide bonds. The van der Waals surface area contributed by atoms with Crippen molar-refractivity contribution in [2.45, 2.75) is 6.92 Å². The van der Waals surface area contributed by atoms with E-state index in [2.05, 4.69) is 0 Å².